The van der Waals surface area contributed by atoms with Crippen LogP contribution in [-0.2, 0) is 4.79 Å². The van der Waals surface area contributed by atoms with E-state index in [1.54, 1.807) is 46.7 Å². The number of thiophene rings is 1. The summed E-state index contributed by atoms with van der Waals surface area (Å²) in [6, 6.07) is 7.36. The number of carbonyl (C=O) groups excluding carboxylic acids is 1. The molecule has 0 radical (unpaired) electrons. The highest BCUT2D eigenvalue weighted by Gasteiger charge is 2.18. The number of benzene rings is 1. The summed E-state index contributed by atoms with van der Waals surface area (Å²) in [5, 5.41) is 4.55. The molecule has 120 valence electrons. The van der Waals surface area contributed by atoms with Gasteiger partial charge in [0.15, 0.2) is 0 Å². The van der Waals surface area contributed by atoms with Gasteiger partial charge in [-0.3, -0.25) is 9.69 Å². The van der Waals surface area contributed by atoms with Gasteiger partial charge >= 0.3 is 0 Å². The van der Waals surface area contributed by atoms with E-state index < -0.39 is 0 Å². The Bertz CT molecular complexity index is 863. The Morgan fingerprint density at radius 1 is 1.12 bits per heavy atom. The summed E-state index contributed by atoms with van der Waals surface area (Å²) in [6.45, 7) is 1.91. The lowest BCUT2D eigenvalue weighted by Gasteiger charge is -2.16. The van der Waals surface area contributed by atoms with Crippen molar-refractivity contribution >= 4 is 45.9 Å². The van der Waals surface area contributed by atoms with E-state index in [2.05, 4.69) is 4.99 Å². The number of nitrogens with zero attached hydrogens (tertiary/aromatic N) is 2. The molecular weight excluding hydrogens is 340 g/mol. The number of hydrogen-bond acceptors (Lipinski definition) is 3. The zero-order valence-corrected chi connectivity index (χ0v) is 14.6. The second-order valence-electron chi connectivity index (χ2n) is 5.17. The van der Waals surface area contributed by atoms with Gasteiger partial charge < -0.3 is 0 Å². The number of allylic oxidation sites excluding steroid dienone is 4. The Morgan fingerprint density at radius 2 is 1.96 bits per heavy atom. The van der Waals surface area contributed by atoms with Gasteiger partial charge in [0.1, 0.15) is 5.71 Å². The van der Waals surface area contributed by atoms with E-state index >= 15 is 0 Å². The summed E-state index contributed by atoms with van der Waals surface area (Å²) in [5.41, 5.74) is 2.80. The molecule has 0 bridgehead atoms. The third-order valence-electron chi connectivity index (χ3n) is 3.44. The van der Waals surface area contributed by atoms with E-state index in [0.29, 0.717) is 16.4 Å². The predicted molar refractivity (Wildman–Crippen MR) is 103 cm³/mol. The Hall–Kier alpha value is -2.43. The summed E-state index contributed by atoms with van der Waals surface area (Å²) in [4.78, 5) is 19.1. The molecule has 5 heteroatoms. The monoisotopic (exact) mass is 354 g/mol. The lowest BCUT2D eigenvalue weighted by molar-refractivity contribution is -0.111. The molecule has 1 amide bonds. The quantitative estimate of drug-likeness (QED) is 0.705. The molecule has 1 aromatic heterocycles. The molecule has 0 saturated heterocycles. The largest absolute Gasteiger partial charge is 0.282 e. The molecular formula is C19H15ClN2OS. The van der Waals surface area contributed by atoms with Gasteiger partial charge in [0.05, 0.1) is 11.4 Å². The maximum atomic E-state index is 12.9. The SMILES string of the molecule is Cc1cc(/N=C2/C=C/C=C\C=C\N(c3ccsc3)C2=O)ccc1Cl. The fraction of sp³-hybridized carbons (Fsp3) is 0.0526. The second kappa shape index (κ2) is 7.43. The smallest absolute Gasteiger partial charge is 0.280 e. The van der Waals surface area contributed by atoms with Crippen molar-refractivity contribution in [3.05, 3.63) is 82.2 Å². The molecule has 0 spiro atoms. The van der Waals surface area contributed by atoms with Gasteiger partial charge in [0.25, 0.3) is 5.91 Å². The van der Waals surface area contributed by atoms with Crippen LogP contribution in [0, 0.1) is 6.92 Å². The first kappa shape index (κ1) is 16.4. The topological polar surface area (TPSA) is 32.7 Å². The van der Waals surface area contributed by atoms with Crippen LogP contribution >= 0.6 is 22.9 Å². The zero-order valence-electron chi connectivity index (χ0n) is 13.0. The van der Waals surface area contributed by atoms with Crippen LogP contribution in [0.2, 0.25) is 5.02 Å². The lowest BCUT2D eigenvalue weighted by Crippen LogP contribution is -2.31. The third-order valence-corrected chi connectivity index (χ3v) is 4.53. The summed E-state index contributed by atoms with van der Waals surface area (Å²) >= 11 is 7.60. The Morgan fingerprint density at radius 3 is 2.71 bits per heavy atom. The number of aryl methyl sites for hydroxylation is 1. The molecule has 3 nitrogen and oxygen atoms in total. The molecule has 2 heterocycles. The van der Waals surface area contributed by atoms with Crippen molar-refractivity contribution in [3.8, 4) is 0 Å². The second-order valence-corrected chi connectivity index (χ2v) is 6.36. The number of anilines is 1. The minimum Gasteiger partial charge on any atom is -0.282 e. The summed E-state index contributed by atoms with van der Waals surface area (Å²) in [6.07, 6.45) is 10.8. The number of hydrogen-bond donors (Lipinski definition) is 0. The van der Waals surface area contributed by atoms with Crippen molar-refractivity contribution in [1.29, 1.82) is 0 Å². The van der Waals surface area contributed by atoms with Crippen LogP contribution in [0.1, 0.15) is 5.56 Å². The van der Waals surface area contributed by atoms with Gasteiger partial charge in [-0.2, -0.15) is 11.3 Å². The molecule has 1 aliphatic heterocycles. The van der Waals surface area contributed by atoms with Crippen LogP contribution < -0.4 is 4.90 Å². The van der Waals surface area contributed by atoms with Crippen molar-refractivity contribution in [2.45, 2.75) is 6.92 Å². The maximum Gasteiger partial charge on any atom is 0.280 e. The average molecular weight is 355 g/mol. The molecule has 3 rings (SSSR count). The Kier molecular flexibility index (Phi) is 5.08. The number of halogens is 1. The molecule has 0 N–H and O–H groups in total. The minimum atomic E-state index is -0.183. The van der Waals surface area contributed by atoms with Crippen LogP contribution in [0.3, 0.4) is 0 Å². The molecule has 0 atom stereocenters. The fourth-order valence-electron chi connectivity index (χ4n) is 2.19. The summed E-state index contributed by atoms with van der Waals surface area (Å²) < 4.78 is 0. The zero-order chi connectivity index (χ0) is 16.9. The van der Waals surface area contributed by atoms with Gasteiger partial charge in [-0.05, 0) is 54.3 Å². The van der Waals surface area contributed by atoms with Crippen LogP contribution in [0.15, 0.2) is 76.6 Å². The molecule has 0 unspecified atom stereocenters. The first-order valence-corrected chi connectivity index (χ1v) is 8.69. The average Bonchev–Trinajstić information content (AvgIpc) is 3.11. The molecule has 0 saturated carbocycles. The highest BCUT2D eigenvalue weighted by molar-refractivity contribution is 7.08. The van der Waals surface area contributed by atoms with Gasteiger partial charge in [-0.25, -0.2) is 4.99 Å². The molecule has 0 aliphatic carbocycles. The van der Waals surface area contributed by atoms with Crippen molar-refractivity contribution in [1.82, 2.24) is 0 Å². The number of carbonyl (C=O) groups is 1. The van der Waals surface area contributed by atoms with Crippen LogP contribution in [0.25, 0.3) is 0 Å². The standard InChI is InChI=1S/C19H15ClN2OS/c1-14-12-15(7-8-17(14)20)21-18-6-4-2-3-5-10-22(19(18)23)16-9-11-24-13-16/h2-13H,1H3/b3-2-,6-4+,10-5+,21-18-. The van der Waals surface area contributed by atoms with Crippen LogP contribution in [0.5, 0.6) is 0 Å². The Labute approximate surface area is 149 Å². The van der Waals surface area contributed by atoms with Crippen LogP contribution in [-0.4, -0.2) is 11.6 Å². The Balaban J connectivity index is 2.03. The van der Waals surface area contributed by atoms with E-state index in [0.717, 1.165) is 11.3 Å². The molecule has 1 aromatic carbocycles. The molecule has 24 heavy (non-hydrogen) atoms. The van der Waals surface area contributed by atoms with Gasteiger partial charge in [0.2, 0.25) is 0 Å². The summed E-state index contributed by atoms with van der Waals surface area (Å²) in [5.74, 6) is -0.183. The van der Waals surface area contributed by atoms with E-state index in [4.69, 9.17) is 11.6 Å². The van der Waals surface area contributed by atoms with Gasteiger partial charge in [-0.15, -0.1) is 0 Å². The van der Waals surface area contributed by atoms with E-state index in [9.17, 15) is 4.79 Å². The number of amides is 1. The van der Waals surface area contributed by atoms with E-state index in [1.807, 2.05) is 48.0 Å². The van der Waals surface area contributed by atoms with E-state index in [-0.39, 0.29) is 5.91 Å². The third kappa shape index (κ3) is 3.72. The number of aliphatic imine (C=N–C) groups is 1. The van der Waals surface area contributed by atoms with E-state index in [1.165, 1.54) is 0 Å². The van der Waals surface area contributed by atoms with Gasteiger partial charge in [-0.1, -0.05) is 29.8 Å². The number of rotatable bonds is 2. The fourth-order valence-corrected chi connectivity index (χ4v) is 2.94. The predicted octanol–water partition coefficient (Wildman–Crippen LogP) is 5.46. The summed E-state index contributed by atoms with van der Waals surface area (Å²) in [7, 11) is 0. The highest BCUT2D eigenvalue weighted by Crippen LogP contribution is 2.23. The normalized spacial score (nSPS) is 20.3. The molecule has 1 aliphatic rings. The first-order chi connectivity index (χ1) is 11.6. The van der Waals surface area contributed by atoms with Crippen LogP contribution in [0.4, 0.5) is 11.4 Å². The van der Waals surface area contributed by atoms with Gasteiger partial charge in [0, 0.05) is 16.6 Å². The van der Waals surface area contributed by atoms with Crippen molar-refractivity contribution in [2.24, 2.45) is 4.99 Å². The maximum absolute atomic E-state index is 12.9. The minimum absolute atomic E-state index is 0.183. The lowest BCUT2D eigenvalue weighted by atomic mass is 10.2. The van der Waals surface area contributed by atoms with Crippen molar-refractivity contribution in [2.75, 3.05) is 4.90 Å². The highest BCUT2D eigenvalue weighted by atomic mass is 35.5. The molecule has 2 aromatic rings. The van der Waals surface area contributed by atoms with Crippen molar-refractivity contribution in [3.63, 3.8) is 0 Å². The first-order valence-electron chi connectivity index (χ1n) is 7.37. The molecule has 0 fully saturated rings. The van der Waals surface area contributed by atoms with Crippen molar-refractivity contribution < 1.29 is 4.79 Å².